The second kappa shape index (κ2) is 5.37. The van der Waals surface area contributed by atoms with E-state index in [1.807, 2.05) is 18.7 Å². The smallest absolute Gasteiger partial charge is 0.123 e. The number of likely N-dealkylation sites (tertiary alicyclic amines) is 1. The number of aliphatic hydroxyl groups is 1. The Hall–Kier alpha value is -0.740. The van der Waals surface area contributed by atoms with Crippen LogP contribution < -0.4 is 0 Å². The molecule has 1 fully saturated rings. The molecule has 0 radical (unpaired) electrons. The van der Waals surface area contributed by atoms with Gasteiger partial charge in [-0.15, -0.1) is 0 Å². The number of nitrogens with zero attached hydrogens (tertiary/aromatic N) is 1. The topological polar surface area (TPSA) is 41.9 Å². The number of rotatable bonds is 4. The molecule has 1 heterocycles. The minimum Gasteiger partial charge on any atom is -0.497 e. The van der Waals surface area contributed by atoms with Crippen LogP contribution in [0.4, 0.5) is 0 Å². The van der Waals surface area contributed by atoms with Crippen molar-refractivity contribution >= 4 is 0 Å². The van der Waals surface area contributed by atoms with Crippen molar-refractivity contribution in [1.82, 2.24) is 4.90 Å². The highest BCUT2D eigenvalue weighted by Crippen LogP contribution is 2.25. The van der Waals surface area contributed by atoms with Crippen molar-refractivity contribution < 1.29 is 14.6 Å². The number of hydrogen-bond donors (Lipinski definition) is 1. The van der Waals surface area contributed by atoms with E-state index in [4.69, 9.17) is 9.47 Å². The molecule has 1 unspecified atom stereocenters. The fraction of sp³-hybridized carbons (Fsp3) is 0.818. The summed E-state index contributed by atoms with van der Waals surface area (Å²) < 4.78 is 10.7. The summed E-state index contributed by atoms with van der Waals surface area (Å²) in [6, 6.07) is 0. The maximum atomic E-state index is 9.58. The minimum absolute atomic E-state index is 0.154. The molecule has 0 bridgehead atoms. The third kappa shape index (κ3) is 3.39. The van der Waals surface area contributed by atoms with Gasteiger partial charge in [-0.2, -0.15) is 0 Å². The van der Waals surface area contributed by atoms with Crippen LogP contribution in [0.1, 0.15) is 27.2 Å². The number of methoxy groups -OCH3 is 1. The highest BCUT2D eigenvalue weighted by molar-refractivity contribution is 5.07. The van der Waals surface area contributed by atoms with Crippen LogP contribution in [0.25, 0.3) is 0 Å². The van der Waals surface area contributed by atoms with E-state index in [1.54, 1.807) is 20.3 Å². The summed E-state index contributed by atoms with van der Waals surface area (Å²) in [4.78, 5) is 1.90. The molecular formula is C11H21NO3. The maximum absolute atomic E-state index is 9.58. The molecule has 15 heavy (non-hydrogen) atoms. The highest BCUT2D eigenvalue weighted by Gasteiger charge is 2.29. The predicted octanol–water partition coefficient (Wildman–Crippen LogP) is 1.31. The Morgan fingerprint density at radius 1 is 1.47 bits per heavy atom. The van der Waals surface area contributed by atoms with E-state index in [-0.39, 0.29) is 12.2 Å². The zero-order valence-corrected chi connectivity index (χ0v) is 9.93. The van der Waals surface area contributed by atoms with E-state index < -0.39 is 6.23 Å². The lowest BCUT2D eigenvalue weighted by molar-refractivity contribution is 0.0305. The van der Waals surface area contributed by atoms with E-state index in [1.165, 1.54) is 0 Å². The van der Waals surface area contributed by atoms with Gasteiger partial charge in [-0.25, -0.2) is 0 Å². The standard InChI is InChI=1S/C11H21NO3/c1-8(2)15-7-10-5-11(14-4)6-12(10)9(3)13/h7-9,11,13H,5-6H2,1-4H3/b10-7+/t9?,11-/m1/s1. The SMILES string of the molecule is CO[C@@H]1C/C(=C\OC(C)C)N(C(C)O)C1. The van der Waals surface area contributed by atoms with E-state index >= 15 is 0 Å². The Labute approximate surface area is 91.5 Å². The number of aliphatic hydroxyl groups excluding tert-OH is 1. The zero-order valence-electron chi connectivity index (χ0n) is 9.93. The van der Waals surface area contributed by atoms with Gasteiger partial charge in [0, 0.05) is 20.1 Å². The molecule has 0 aromatic rings. The lowest BCUT2D eigenvalue weighted by Crippen LogP contribution is -2.30. The average Bonchev–Trinajstić information content (AvgIpc) is 2.57. The zero-order chi connectivity index (χ0) is 11.4. The summed E-state index contributed by atoms with van der Waals surface area (Å²) in [5.74, 6) is 0. The molecule has 1 N–H and O–H groups in total. The van der Waals surface area contributed by atoms with Crippen molar-refractivity contribution in [3.63, 3.8) is 0 Å². The van der Waals surface area contributed by atoms with Crippen molar-refractivity contribution in [2.45, 2.75) is 45.6 Å². The summed E-state index contributed by atoms with van der Waals surface area (Å²) in [5.41, 5.74) is 1.01. The molecule has 2 atom stereocenters. The lowest BCUT2D eigenvalue weighted by Gasteiger charge is -2.23. The monoisotopic (exact) mass is 215 g/mol. The molecule has 0 aromatic heterocycles. The molecule has 1 aliphatic rings. The Morgan fingerprint density at radius 2 is 2.13 bits per heavy atom. The molecule has 4 heteroatoms. The van der Waals surface area contributed by atoms with Crippen molar-refractivity contribution in [3.8, 4) is 0 Å². The van der Waals surface area contributed by atoms with Crippen LogP contribution >= 0.6 is 0 Å². The van der Waals surface area contributed by atoms with E-state index in [9.17, 15) is 5.11 Å². The van der Waals surface area contributed by atoms with Crippen molar-refractivity contribution in [3.05, 3.63) is 12.0 Å². The van der Waals surface area contributed by atoms with Gasteiger partial charge in [0.05, 0.1) is 17.9 Å². The number of hydrogen-bond acceptors (Lipinski definition) is 4. The van der Waals surface area contributed by atoms with Gasteiger partial charge in [0.2, 0.25) is 0 Å². The minimum atomic E-state index is -0.493. The summed E-state index contributed by atoms with van der Waals surface area (Å²) >= 11 is 0. The molecule has 4 nitrogen and oxygen atoms in total. The first-order valence-corrected chi connectivity index (χ1v) is 5.36. The first-order chi connectivity index (χ1) is 7.04. The molecular weight excluding hydrogens is 194 g/mol. The summed E-state index contributed by atoms with van der Waals surface area (Å²) in [5, 5.41) is 9.58. The normalized spacial score (nSPS) is 26.4. The van der Waals surface area contributed by atoms with Gasteiger partial charge < -0.3 is 19.5 Å². The van der Waals surface area contributed by atoms with Gasteiger partial charge in [-0.3, -0.25) is 0 Å². The van der Waals surface area contributed by atoms with Crippen LogP contribution in [0.2, 0.25) is 0 Å². The molecule has 0 aromatic carbocycles. The summed E-state index contributed by atoms with van der Waals surface area (Å²) in [6.45, 7) is 6.43. The largest absolute Gasteiger partial charge is 0.497 e. The van der Waals surface area contributed by atoms with Crippen LogP contribution in [0.15, 0.2) is 12.0 Å². The van der Waals surface area contributed by atoms with E-state index in [0.717, 1.165) is 18.7 Å². The maximum Gasteiger partial charge on any atom is 0.123 e. The molecule has 0 aliphatic carbocycles. The van der Waals surface area contributed by atoms with Crippen molar-refractivity contribution in [1.29, 1.82) is 0 Å². The van der Waals surface area contributed by atoms with Gasteiger partial charge in [-0.05, 0) is 20.8 Å². The molecule has 88 valence electrons. The summed E-state index contributed by atoms with van der Waals surface area (Å²) in [7, 11) is 1.69. The van der Waals surface area contributed by atoms with Crippen molar-refractivity contribution in [2.75, 3.05) is 13.7 Å². The van der Waals surface area contributed by atoms with Gasteiger partial charge in [0.25, 0.3) is 0 Å². The Kier molecular flexibility index (Phi) is 4.42. The fourth-order valence-corrected chi connectivity index (χ4v) is 1.63. The quantitative estimate of drug-likeness (QED) is 0.718. The molecule has 1 saturated heterocycles. The van der Waals surface area contributed by atoms with Crippen LogP contribution in [-0.2, 0) is 9.47 Å². The van der Waals surface area contributed by atoms with Crippen LogP contribution in [0.5, 0.6) is 0 Å². The van der Waals surface area contributed by atoms with Crippen LogP contribution in [-0.4, -0.2) is 42.1 Å². The summed E-state index contributed by atoms with van der Waals surface area (Å²) in [6.07, 6.45) is 2.36. The fourth-order valence-electron chi connectivity index (χ4n) is 1.63. The molecule has 0 spiro atoms. The third-order valence-corrected chi connectivity index (χ3v) is 2.47. The Bertz CT molecular complexity index is 226. The highest BCUT2D eigenvalue weighted by atomic mass is 16.5. The molecule has 0 saturated carbocycles. The Morgan fingerprint density at radius 3 is 2.60 bits per heavy atom. The second-order valence-electron chi connectivity index (χ2n) is 4.14. The predicted molar refractivity (Wildman–Crippen MR) is 58.1 cm³/mol. The number of ether oxygens (including phenoxy) is 2. The molecule has 0 amide bonds. The second-order valence-corrected chi connectivity index (χ2v) is 4.14. The third-order valence-electron chi connectivity index (χ3n) is 2.47. The van der Waals surface area contributed by atoms with Crippen molar-refractivity contribution in [2.24, 2.45) is 0 Å². The van der Waals surface area contributed by atoms with Crippen LogP contribution in [0, 0.1) is 0 Å². The lowest BCUT2D eigenvalue weighted by atomic mass is 10.3. The van der Waals surface area contributed by atoms with Gasteiger partial charge in [0.15, 0.2) is 0 Å². The molecule has 1 aliphatic heterocycles. The van der Waals surface area contributed by atoms with Gasteiger partial charge >= 0.3 is 0 Å². The first kappa shape index (κ1) is 12.3. The van der Waals surface area contributed by atoms with Gasteiger partial charge in [-0.1, -0.05) is 0 Å². The van der Waals surface area contributed by atoms with E-state index in [2.05, 4.69) is 0 Å². The van der Waals surface area contributed by atoms with Gasteiger partial charge in [0.1, 0.15) is 12.5 Å². The Balaban J connectivity index is 2.63. The molecule has 1 rings (SSSR count). The first-order valence-electron chi connectivity index (χ1n) is 5.36. The van der Waals surface area contributed by atoms with E-state index in [0.29, 0.717) is 0 Å². The average molecular weight is 215 g/mol. The van der Waals surface area contributed by atoms with Crippen LogP contribution in [0.3, 0.4) is 0 Å².